The lowest BCUT2D eigenvalue weighted by Gasteiger charge is -2.26. The van der Waals surface area contributed by atoms with Crippen molar-refractivity contribution in [1.82, 2.24) is 57.2 Å². The summed E-state index contributed by atoms with van der Waals surface area (Å²) in [5, 5.41) is 32.9. The largest absolute Gasteiger partial charge is 0.354 e. The Labute approximate surface area is 529 Å². The van der Waals surface area contributed by atoms with E-state index < -0.39 is 0 Å². The molecule has 0 spiro atoms. The van der Waals surface area contributed by atoms with Crippen LogP contribution in [0, 0.1) is 0 Å². The van der Waals surface area contributed by atoms with Crippen LogP contribution in [-0.4, -0.2) is 148 Å². The number of rotatable bonds is 10. The van der Waals surface area contributed by atoms with E-state index in [2.05, 4.69) is 102 Å². The minimum Gasteiger partial charge on any atom is -0.354 e. The van der Waals surface area contributed by atoms with Crippen LogP contribution in [0.3, 0.4) is 0 Å². The smallest absolute Gasteiger partial charge is 0.204 e. The summed E-state index contributed by atoms with van der Waals surface area (Å²) >= 11 is 47.6. The van der Waals surface area contributed by atoms with Gasteiger partial charge in [0.25, 0.3) is 0 Å². The molecular weight excluding hydrogens is 1220 g/mol. The number of nitrogens with one attached hydrogen (secondary N) is 9. The molecule has 0 saturated heterocycles. The SMILES string of the molecule is C.CC(C)NC1=NC(C)NC(=NCCc2ccc(Cl)c(Cl)c2)N1.CC1N=C(N(C)C)NC(=NCCc2ccc(Cl)c(Cl)c2)N1.CC1N=C(N(C)C)NC(=NCc2ccc(Cl)c(Cl)c2)N1.CC1N=C(Nc2ccc(Cl)c(Cl)c2)NC(N(C)C)=N1. The number of nitrogens with zero attached hydrogens (tertiary/aromatic N) is 11. The lowest BCUT2D eigenvalue weighted by Crippen LogP contribution is -2.55. The highest BCUT2D eigenvalue weighted by atomic mass is 35.5. The second kappa shape index (κ2) is 34.2. The van der Waals surface area contributed by atoms with E-state index in [1.165, 1.54) is 0 Å². The van der Waals surface area contributed by atoms with Crippen LogP contribution in [0.2, 0.25) is 40.2 Å². The quantitative estimate of drug-likeness (QED) is 0.0725. The fourth-order valence-electron chi connectivity index (χ4n) is 7.19. The number of hydrogen-bond donors (Lipinski definition) is 9. The van der Waals surface area contributed by atoms with Crippen LogP contribution in [-0.2, 0) is 19.4 Å². The van der Waals surface area contributed by atoms with Gasteiger partial charge < -0.3 is 41.3 Å². The second-order valence-corrected chi connectivity index (χ2v) is 22.8. The summed E-state index contributed by atoms with van der Waals surface area (Å²) in [6.45, 7) is 13.8. The number of anilines is 1. The Hall–Kier alpha value is -5.84. The predicted molar refractivity (Wildman–Crippen MR) is 356 cm³/mol. The van der Waals surface area contributed by atoms with Crippen molar-refractivity contribution in [1.29, 1.82) is 0 Å². The van der Waals surface area contributed by atoms with Crippen molar-refractivity contribution in [2.45, 2.75) is 99.1 Å². The van der Waals surface area contributed by atoms with Gasteiger partial charge in [-0.15, -0.1) is 0 Å². The van der Waals surface area contributed by atoms with Crippen molar-refractivity contribution in [2.75, 3.05) is 60.7 Å². The predicted octanol–water partition coefficient (Wildman–Crippen LogP) is 10.7. The molecule has 0 amide bonds. The molecule has 4 aromatic rings. The van der Waals surface area contributed by atoms with Crippen molar-refractivity contribution in [3.05, 3.63) is 130 Å². The number of benzene rings is 4. The van der Waals surface area contributed by atoms with Crippen LogP contribution in [0.15, 0.2) is 113 Å². The summed E-state index contributed by atoms with van der Waals surface area (Å²) in [7, 11) is 11.6. The molecule has 0 radical (unpaired) electrons. The van der Waals surface area contributed by atoms with Gasteiger partial charge in [0.2, 0.25) is 23.8 Å². The van der Waals surface area contributed by atoms with E-state index >= 15 is 0 Å². The second-order valence-electron chi connectivity index (χ2n) is 19.5. The molecule has 0 bridgehead atoms. The Bertz CT molecular complexity index is 3050. The molecule has 8 rings (SSSR count). The van der Waals surface area contributed by atoms with Gasteiger partial charge in [-0.05, 0) is 126 Å². The molecule has 452 valence electrons. The van der Waals surface area contributed by atoms with Gasteiger partial charge in [0, 0.05) is 67.1 Å². The molecule has 4 heterocycles. The topological polar surface area (TPSA) is 217 Å². The molecule has 20 nitrogen and oxygen atoms in total. The van der Waals surface area contributed by atoms with E-state index in [1.54, 1.807) is 18.2 Å². The Morgan fingerprint density at radius 3 is 1.30 bits per heavy atom. The van der Waals surface area contributed by atoms with Gasteiger partial charge in [-0.25, -0.2) is 30.0 Å². The van der Waals surface area contributed by atoms with E-state index in [0.29, 0.717) is 77.8 Å². The van der Waals surface area contributed by atoms with Gasteiger partial charge in [-0.2, -0.15) is 0 Å². The molecule has 4 aromatic carbocycles. The molecule has 0 aliphatic carbocycles. The van der Waals surface area contributed by atoms with Gasteiger partial charge in [0.05, 0.1) is 46.7 Å². The molecular formula is C55H76Cl8N20. The summed E-state index contributed by atoms with van der Waals surface area (Å²) in [6.07, 6.45) is 1.44. The third-order valence-corrected chi connectivity index (χ3v) is 14.1. The zero-order valence-corrected chi connectivity index (χ0v) is 53.8. The van der Waals surface area contributed by atoms with Gasteiger partial charge in [-0.1, -0.05) is 118 Å². The number of guanidine groups is 8. The average molecular weight is 1300 g/mol. The van der Waals surface area contributed by atoms with Crippen LogP contribution in [0.5, 0.6) is 0 Å². The first-order chi connectivity index (χ1) is 38.8. The molecule has 0 saturated carbocycles. The minimum atomic E-state index is -0.135. The normalized spacial score (nSPS) is 19.2. The van der Waals surface area contributed by atoms with E-state index in [1.807, 2.05) is 139 Å². The fourth-order valence-corrected chi connectivity index (χ4v) is 8.45. The Balaban J connectivity index is 0.000000237. The minimum absolute atomic E-state index is 0. The summed E-state index contributed by atoms with van der Waals surface area (Å²) in [5.74, 6) is 5.87. The van der Waals surface area contributed by atoms with Crippen LogP contribution in [0.4, 0.5) is 5.69 Å². The molecule has 28 heteroatoms. The highest BCUT2D eigenvalue weighted by Gasteiger charge is 2.19. The highest BCUT2D eigenvalue weighted by Crippen LogP contribution is 2.27. The first kappa shape index (κ1) is 69.7. The fraction of sp³-hybridized carbons (Fsp3) is 0.418. The zero-order valence-electron chi connectivity index (χ0n) is 47.8. The Morgan fingerprint density at radius 2 is 0.855 bits per heavy atom. The van der Waals surface area contributed by atoms with Gasteiger partial charge in [-0.3, -0.25) is 31.3 Å². The maximum absolute atomic E-state index is 6.01. The molecule has 4 unspecified atom stereocenters. The van der Waals surface area contributed by atoms with Gasteiger partial charge >= 0.3 is 0 Å². The lowest BCUT2D eigenvalue weighted by molar-refractivity contribution is 0.559. The average Bonchev–Trinajstić information content (AvgIpc) is 3.42. The van der Waals surface area contributed by atoms with E-state index in [9.17, 15) is 0 Å². The highest BCUT2D eigenvalue weighted by molar-refractivity contribution is 6.43. The number of aliphatic imine (C=N–C) groups is 8. The third-order valence-electron chi connectivity index (χ3n) is 11.1. The molecule has 0 aromatic heterocycles. The van der Waals surface area contributed by atoms with Crippen LogP contribution >= 0.6 is 92.8 Å². The number of hydrogen-bond acceptors (Lipinski definition) is 14. The number of halogens is 8. The van der Waals surface area contributed by atoms with Gasteiger partial charge in [0.1, 0.15) is 24.7 Å². The van der Waals surface area contributed by atoms with Crippen molar-refractivity contribution in [3.63, 3.8) is 0 Å². The maximum atomic E-state index is 6.01. The summed E-state index contributed by atoms with van der Waals surface area (Å²) in [6, 6.07) is 22.4. The Morgan fingerprint density at radius 1 is 0.458 bits per heavy atom. The van der Waals surface area contributed by atoms with Crippen molar-refractivity contribution >= 4 is 146 Å². The van der Waals surface area contributed by atoms with Crippen molar-refractivity contribution in [2.24, 2.45) is 39.9 Å². The standard InChI is InChI=1S/C15H21Cl2N5.C14H19Cl2N5.C13H17Cl2N5.C12H15Cl2N5.CH4/c1-9(2)19-15-21-10(3)20-14(22-15)18-7-6-11-4-5-12(16)13(17)8-11;1-9-18-13(20-14(19-9)21(2)3)17-7-6-10-4-5-11(15)12(16)8-10;1-8-17-12(19-13(18-8)20(2)3)16-7-9-4-5-10(14)11(15)6-9;1-7-15-11(18-12(16-7)19(2)3)17-8-4-5-9(13)10(14)6-8;/h4-5,8-10H,6-7H2,1-3H3,(H3,18,19,20,21,22);4-5,8-9H,6-7H2,1-3H3,(H2,17,18,19,20);4-6,8H,7H2,1-3H3,(H2,16,17,18,19);4-7H,1-3H3,(H2,15,16,17,18);1H4. The molecule has 4 aliphatic rings. The van der Waals surface area contributed by atoms with E-state index in [4.69, 9.17) is 92.8 Å². The van der Waals surface area contributed by atoms with Gasteiger partial charge in [0.15, 0.2) is 23.8 Å². The summed E-state index contributed by atoms with van der Waals surface area (Å²) in [5.41, 5.74) is 4.03. The zero-order chi connectivity index (χ0) is 60.2. The molecule has 9 N–H and O–H groups in total. The van der Waals surface area contributed by atoms with Crippen molar-refractivity contribution in [3.8, 4) is 0 Å². The van der Waals surface area contributed by atoms with Crippen LogP contribution in [0.1, 0.15) is 65.7 Å². The Kier molecular flexibility index (Phi) is 28.7. The molecule has 0 fully saturated rings. The molecule has 4 aliphatic heterocycles. The lowest BCUT2D eigenvalue weighted by atomic mass is 10.1. The monoisotopic (exact) mass is 1300 g/mol. The molecule has 4 atom stereocenters. The maximum Gasteiger partial charge on any atom is 0.204 e. The molecule has 83 heavy (non-hydrogen) atoms. The third kappa shape index (κ3) is 24.3. The van der Waals surface area contributed by atoms with E-state index in [0.717, 1.165) is 71.0 Å². The first-order valence-corrected chi connectivity index (χ1v) is 29.0. The summed E-state index contributed by atoms with van der Waals surface area (Å²) in [4.78, 5) is 41.3. The first-order valence-electron chi connectivity index (χ1n) is 26.0. The van der Waals surface area contributed by atoms with Crippen LogP contribution in [0.25, 0.3) is 0 Å². The van der Waals surface area contributed by atoms with Crippen molar-refractivity contribution < 1.29 is 0 Å². The van der Waals surface area contributed by atoms with E-state index in [-0.39, 0.29) is 32.1 Å². The van der Waals surface area contributed by atoms with Crippen LogP contribution < -0.4 is 47.9 Å². The summed E-state index contributed by atoms with van der Waals surface area (Å²) < 4.78 is 0.